The Kier molecular flexibility index (Phi) is 2.60. The molecule has 0 radical (unpaired) electrons. The summed E-state index contributed by atoms with van der Waals surface area (Å²) < 4.78 is 4.21. The minimum absolute atomic E-state index is 0.268. The Morgan fingerprint density at radius 3 is 2.71 bits per heavy atom. The molecule has 3 nitrogen and oxygen atoms in total. The molecule has 78 valence electrons. The highest BCUT2D eigenvalue weighted by Crippen LogP contribution is 2.38. The second-order valence-corrected chi connectivity index (χ2v) is 5.01. The van der Waals surface area contributed by atoms with Gasteiger partial charge in [0, 0.05) is 6.04 Å². The van der Waals surface area contributed by atoms with Crippen LogP contribution in [0.1, 0.15) is 36.3 Å². The van der Waals surface area contributed by atoms with Crippen LogP contribution in [0.25, 0.3) is 0 Å². The van der Waals surface area contributed by atoms with Gasteiger partial charge in [-0.05, 0) is 50.2 Å². The average Bonchev–Trinajstić information content (AvgIpc) is 2.58. The van der Waals surface area contributed by atoms with Crippen molar-refractivity contribution in [1.29, 1.82) is 0 Å². The van der Waals surface area contributed by atoms with Gasteiger partial charge >= 0.3 is 0 Å². The first kappa shape index (κ1) is 10.1. The van der Waals surface area contributed by atoms with E-state index in [0.717, 1.165) is 36.3 Å². The highest BCUT2D eigenvalue weighted by Gasteiger charge is 2.35. The van der Waals surface area contributed by atoms with Gasteiger partial charge in [0.05, 0.1) is 10.6 Å². The molecule has 0 spiro atoms. The van der Waals surface area contributed by atoms with Gasteiger partial charge in [-0.1, -0.05) is 0 Å². The summed E-state index contributed by atoms with van der Waals surface area (Å²) in [4.78, 5) is 1.00. The SMILES string of the molecule is Cc1cc(C2(O)CCC(N)CC2)sn1. The Bertz CT molecular complexity index is 316. The molecule has 14 heavy (non-hydrogen) atoms. The van der Waals surface area contributed by atoms with Gasteiger partial charge in [0.1, 0.15) is 5.60 Å². The number of rotatable bonds is 1. The average molecular weight is 212 g/mol. The van der Waals surface area contributed by atoms with Crippen LogP contribution < -0.4 is 5.73 Å². The van der Waals surface area contributed by atoms with E-state index in [4.69, 9.17) is 5.73 Å². The highest BCUT2D eigenvalue weighted by molar-refractivity contribution is 7.06. The maximum atomic E-state index is 10.4. The molecule has 0 amide bonds. The van der Waals surface area contributed by atoms with E-state index in [1.807, 2.05) is 13.0 Å². The molecule has 0 unspecified atom stereocenters. The van der Waals surface area contributed by atoms with E-state index in [-0.39, 0.29) is 6.04 Å². The molecule has 0 aromatic carbocycles. The number of aliphatic hydroxyl groups is 1. The van der Waals surface area contributed by atoms with Gasteiger partial charge in [0.25, 0.3) is 0 Å². The van der Waals surface area contributed by atoms with Gasteiger partial charge in [-0.15, -0.1) is 0 Å². The Morgan fingerprint density at radius 2 is 2.21 bits per heavy atom. The maximum Gasteiger partial charge on any atom is 0.100 e. The van der Waals surface area contributed by atoms with Crippen LogP contribution in [0.2, 0.25) is 0 Å². The van der Waals surface area contributed by atoms with Crippen molar-refractivity contribution in [2.75, 3.05) is 0 Å². The van der Waals surface area contributed by atoms with E-state index in [1.54, 1.807) is 0 Å². The van der Waals surface area contributed by atoms with Gasteiger partial charge in [-0.25, -0.2) is 0 Å². The Labute approximate surface area is 88.1 Å². The Balaban J connectivity index is 2.16. The van der Waals surface area contributed by atoms with Crippen LogP contribution in [-0.4, -0.2) is 15.5 Å². The monoisotopic (exact) mass is 212 g/mol. The number of nitrogens with zero attached hydrogens (tertiary/aromatic N) is 1. The minimum atomic E-state index is -0.651. The third-order valence-corrected chi connectivity index (χ3v) is 4.02. The molecule has 0 bridgehead atoms. The fourth-order valence-electron chi connectivity index (χ4n) is 1.95. The first-order valence-electron chi connectivity index (χ1n) is 5.02. The zero-order valence-corrected chi connectivity index (χ0v) is 9.18. The van der Waals surface area contributed by atoms with Crippen LogP contribution in [0.5, 0.6) is 0 Å². The summed E-state index contributed by atoms with van der Waals surface area (Å²) in [7, 11) is 0. The zero-order chi connectivity index (χ0) is 10.2. The van der Waals surface area contributed by atoms with Crippen molar-refractivity contribution in [2.24, 2.45) is 5.73 Å². The standard InChI is InChI=1S/C10H16N2OS/c1-7-6-9(14-12-7)10(13)4-2-8(11)3-5-10/h6,8,13H,2-5,11H2,1H3. The summed E-state index contributed by atoms with van der Waals surface area (Å²) in [6, 6.07) is 2.26. The number of aromatic nitrogens is 1. The second-order valence-electron chi connectivity index (χ2n) is 4.20. The second kappa shape index (κ2) is 3.61. The lowest BCUT2D eigenvalue weighted by atomic mass is 9.81. The van der Waals surface area contributed by atoms with Crippen LogP contribution in [0.3, 0.4) is 0 Å². The molecular weight excluding hydrogens is 196 g/mol. The van der Waals surface area contributed by atoms with Gasteiger partial charge in [0.2, 0.25) is 0 Å². The Morgan fingerprint density at radius 1 is 1.57 bits per heavy atom. The lowest BCUT2D eigenvalue weighted by Gasteiger charge is -2.33. The number of hydrogen-bond donors (Lipinski definition) is 2. The Hall–Kier alpha value is -0.450. The van der Waals surface area contributed by atoms with Crippen LogP contribution >= 0.6 is 11.5 Å². The molecular formula is C10H16N2OS. The summed E-state index contributed by atoms with van der Waals surface area (Å²) in [6.07, 6.45) is 3.37. The van der Waals surface area contributed by atoms with Crippen molar-refractivity contribution in [1.82, 2.24) is 4.37 Å². The summed E-state index contributed by atoms with van der Waals surface area (Å²) in [5.41, 5.74) is 6.16. The molecule has 1 heterocycles. The van der Waals surface area contributed by atoms with E-state index in [0.29, 0.717) is 0 Å². The molecule has 1 aromatic heterocycles. The molecule has 3 N–H and O–H groups in total. The zero-order valence-electron chi connectivity index (χ0n) is 8.36. The van der Waals surface area contributed by atoms with Crippen molar-refractivity contribution < 1.29 is 5.11 Å². The summed E-state index contributed by atoms with van der Waals surface area (Å²) in [5, 5.41) is 10.4. The van der Waals surface area contributed by atoms with E-state index >= 15 is 0 Å². The maximum absolute atomic E-state index is 10.4. The smallest absolute Gasteiger partial charge is 0.100 e. The molecule has 0 atom stereocenters. The fraction of sp³-hybridized carbons (Fsp3) is 0.700. The fourth-order valence-corrected chi connectivity index (χ4v) is 2.84. The summed E-state index contributed by atoms with van der Waals surface area (Å²) >= 11 is 1.42. The summed E-state index contributed by atoms with van der Waals surface area (Å²) in [6.45, 7) is 1.96. The van der Waals surface area contributed by atoms with Crippen molar-refractivity contribution in [2.45, 2.75) is 44.2 Å². The van der Waals surface area contributed by atoms with Gasteiger partial charge in [0.15, 0.2) is 0 Å². The minimum Gasteiger partial charge on any atom is -0.384 e. The van der Waals surface area contributed by atoms with Crippen LogP contribution in [-0.2, 0) is 5.60 Å². The molecule has 0 aliphatic heterocycles. The largest absolute Gasteiger partial charge is 0.384 e. The third-order valence-electron chi connectivity index (χ3n) is 2.94. The molecule has 1 aromatic rings. The van der Waals surface area contributed by atoms with Gasteiger partial charge in [-0.3, -0.25) is 0 Å². The number of hydrogen-bond acceptors (Lipinski definition) is 4. The molecule has 1 aliphatic carbocycles. The van der Waals surface area contributed by atoms with Crippen molar-refractivity contribution in [3.8, 4) is 0 Å². The quantitative estimate of drug-likeness (QED) is 0.742. The number of nitrogens with two attached hydrogens (primary N) is 1. The molecule has 1 saturated carbocycles. The van der Waals surface area contributed by atoms with E-state index in [1.165, 1.54) is 11.5 Å². The van der Waals surface area contributed by atoms with Crippen molar-refractivity contribution in [3.05, 3.63) is 16.6 Å². The van der Waals surface area contributed by atoms with Crippen LogP contribution in [0, 0.1) is 6.92 Å². The predicted octanol–water partition coefficient (Wildman–Crippen LogP) is 1.54. The van der Waals surface area contributed by atoms with Crippen molar-refractivity contribution >= 4 is 11.5 Å². The first-order chi connectivity index (χ1) is 6.60. The lowest BCUT2D eigenvalue weighted by molar-refractivity contribution is -0.00161. The first-order valence-corrected chi connectivity index (χ1v) is 5.79. The van der Waals surface area contributed by atoms with Crippen LogP contribution in [0.4, 0.5) is 0 Å². The van der Waals surface area contributed by atoms with Crippen LogP contribution in [0.15, 0.2) is 6.07 Å². The van der Waals surface area contributed by atoms with Gasteiger partial charge < -0.3 is 10.8 Å². The van der Waals surface area contributed by atoms with Crippen molar-refractivity contribution in [3.63, 3.8) is 0 Å². The van der Waals surface area contributed by atoms with Gasteiger partial charge in [-0.2, -0.15) is 4.37 Å². The topological polar surface area (TPSA) is 59.1 Å². The number of aryl methyl sites for hydroxylation is 1. The molecule has 1 aliphatic rings. The third kappa shape index (κ3) is 1.82. The highest BCUT2D eigenvalue weighted by atomic mass is 32.1. The predicted molar refractivity (Wildman–Crippen MR) is 57.2 cm³/mol. The normalized spacial score (nSPS) is 33.2. The molecule has 4 heteroatoms. The molecule has 0 saturated heterocycles. The molecule has 1 fully saturated rings. The lowest BCUT2D eigenvalue weighted by Crippen LogP contribution is -2.36. The van der Waals surface area contributed by atoms with E-state index < -0.39 is 5.60 Å². The van der Waals surface area contributed by atoms with E-state index in [9.17, 15) is 5.11 Å². The molecule has 2 rings (SSSR count). The summed E-state index contributed by atoms with van der Waals surface area (Å²) in [5.74, 6) is 0. The van der Waals surface area contributed by atoms with E-state index in [2.05, 4.69) is 4.37 Å².